The molecule has 0 amide bonds. The van der Waals surface area contributed by atoms with E-state index in [0.717, 1.165) is 0 Å². The van der Waals surface area contributed by atoms with Gasteiger partial charge in [0.2, 0.25) is 11.4 Å². The molecule has 0 saturated carbocycles. The Labute approximate surface area is 357 Å². The van der Waals surface area contributed by atoms with Gasteiger partial charge in [-0.2, -0.15) is 0 Å². The molecule has 0 bridgehead atoms. The first-order chi connectivity index (χ1) is 22.6. The summed E-state index contributed by atoms with van der Waals surface area (Å²) >= 11 is 55.0. The fraction of sp³-hybridized carbons (Fsp3) is 0.625. The van der Waals surface area contributed by atoms with Crippen molar-refractivity contribution in [2.24, 2.45) is 37.9 Å². The quantitative estimate of drug-likeness (QED) is 0.228. The van der Waals surface area contributed by atoms with Crippen molar-refractivity contribution in [2.45, 2.75) is 115 Å². The maximum absolute atomic E-state index is 13.1. The van der Waals surface area contributed by atoms with Crippen molar-refractivity contribution in [2.75, 3.05) is 0 Å². The van der Waals surface area contributed by atoms with Crippen molar-refractivity contribution in [3.05, 3.63) is 70.9 Å². The lowest BCUT2D eigenvalue weighted by Crippen LogP contribution is -2.48. The molecule has 0 atom stereocenters. The fourth-order valence-electron chi connectivity index (χ4n) is 6.11. The van der Waals surface area contributed by atoms with Crippen LogP contribution < -0.4 is 0 Å². The summed E-state index contributed by atoms with van der Waals surface area (Å²) in [5, 5.41) is 0. The van der Waals surface area contributed by atoms with Crippen LogP contribution in [0.15, 0.2) is 70.9 Å². The Morgan fingerprint density at radius 1 is 0.462 bits per heavy atom. The molecule has 0 aliphatic heterocycles. The van der Waals surface area contributed by atoms with Crippen molar-refractivity contribution < 1.29 is 14.4 Å². The van der Waals surface area contributed by atoms with Gasteiger partial charge in [0.05, 0.1) is 16.2 Å². The van der Waals surface area contributed by atoms with E-state index >= 15 is 0 Å². The molecule has 0 fully saturated rings. The van der Waals surface area contributed by atoms with E-state index in [1.165, 1.54) is 12.2 Å². The third-order valence-electron chi connectivity index (χ3n) is 9.65. The van der Waals surface area contributed by atoms with Crippen LogP contribution >= 0.6 is 104 Å². The smallest absolute Gasteiger partial charge is 0.203 e. The Kier molecular flexibility index (Phi) is 15.5. The number of Topliss-reactive ketones (excluding diaryl/α,β-unsaturated/α-hetero) is 2. The lowest BCUT2D eigenvalue weighted by Gasteiger charge is -2.50. The molecule has 52 heavy (non-hydrogen) atoms. The standard InChI is InChI=1S/C19H29Cl3O.C11H13Cl3O.C10H11Cl3O/c1-15(2,3)12-10-18(17(7,8)9,19(20,21)22)11-13(14(12)23)16(4,5)6;1-9(2,3)10(11(12,13)14)6-4-8(15)5-7-10;1-6-4-9(3,10(11,12)13)5-7(2)8(6)14/h10-11H,1-9H3;4-7H,1-3H3;4-5H,1-3H3. The molecule has 3 aliphatic carbocycles. The maximum Gasteiger partial charge on any atom is 0.203 e. The summed E-state index contributed by atoms with van der Waals surface area (Å²) < 4.78 is -4.46. The minimum absolute atomic E-state index is 0.0109. The molecule has 0 saturated heterocycles. The zero-order chi connectivity index (χ0) is 41.7. The zero-order valence-electron chi connectivity index (χ0n) is 32.7. The Bertz CT molecular complexity index is 1490. The predicted octanol–water partition coefficient (Wildman–Crippen LogP) is 14.8. The highest BCUT2D eigenvalue weighted by molar-refractivity contribution is 6.69. The molecule has 3 nitrogen and oxygen atoms in total. The summed E-state index contributed by atoms with van der Waals surface area (Å²) in [7, 11) is 0. The first-order valence-corrected chi connectivity index (χ1v) is 20.1. The highest BCUT2D eigenvalue weighted by atomic mass is 35.6. The summed E-state index contributed by atoms with van der Waals surface area (Å²) in [6.45, 7) is 29.4. The number of hydrogen-bond donors (Lipinski definition) is 0. The number of carbonyl (C=O) groups is 3. The first-order valence-electron chi connectivity index (χ1n) is 16.7. The average molecular weight is 901 g/mol. The van der Waals surface area contributed by atoms with E-state index in [-0.39, 0.29) is 39.0 Å². The van der Waals surface area contributed by atoms with Crippen LogP contribution in [0.3, 0.4) is 0 Å². The zero-order valence-corrected chi connectivity index (χ0v) is 39.5. The Morgan fingerprint density at radius 3 is 1.00 bits per heavy atom. The molecule has 0 spiro atoms. The minimum Gasteiger partial charge on any atom is -0.290 e. The number of halogens is 9. The largest absolute Gasteiger partial charge is 0.290 e. The van der Waals surface area contributed by atoms with Gasteiger partial charge in [-0.05, 0) is 65.7 Å². The fourth-order valence-corrected chi connectivity index (χ4v) is 8.84. The normalized spacial score (nSPS) is 20.8. The molecule has 0 heterocycles. The van der Waals surface area contributed by atoms with Crippen LogP contribution in [-0.2, 0) is 14.4 Å². The number of alkyl halides is 9. The number of rotatable bonds is 0. The second-order valence-corrected chi connectivity index (χ2v) is 24.9. The van der Waals surface area contributed by atoms with Crippen LogP contribution in [0.1, 0.15) is 104 Å². The van der Waals surface area contributed by atoms with Crippen LogP contribution in [0.4, 0.5) is 0 Å². The van der Waals surface area contributed by atoms with Gasteiger partial charge in [0.1, 0.15) is 0 Å². The van der Waals surface area contributed by atoms with Gasteiger partial charge in [0.25, 0.3) is 0 Å². The van der Waals surface area contributed by atoms with E-state index in [9.17, 15) is 14.4 Å². The SMILES string of the molecule is CC(C)(C)C1(C(Cl)(Cl)Cl)C=CC(=O)C=C1.CC(C)(C)C1=CC(C(C)(C)C)(C(Cl)(Cl)Cl)C=C(C(C)(C)C)C1=O.CC1=CC(C)(C(Cl)(Cl)Cl)C=C(C)C1=O. The lowest BCUT2D eigenvalue weighted by atomic mass is 9.59. The van der Waals surface area contributed by atoms with Gasteiger partial charge >= 0.3 is 0 Å². The third-order valence-corrected chi connectivity index (χ3v) is 12.7. The van der Waals surface area contributed by atoms with E-state index in [2.05, 4.69) is 0 Å². The number of carbonyl (C=O) groups excluding carboxylic acids is 3. The van der Waals surface area contributed by atoms with Gasteiger partial charge in [-0.1, -0.05) is 224 Å². The molecule has 0 aromatic carbocycles. The average Bonchev–Trinajstić information content (AvgIpc) is 2.88. The molecule has 3 aliphatic rings. The van der Waals surface area contributed by atoms with Crippen LogP contribution in [0, 0.1) is 37.9 Å². The monoisotopic (exact) mass is 896 g/mol. The molecule has 3 rings (SSSR count). The van der Waals surface area contributed by atoms with Crippen LogP contribution in [-0.4, -0.2) is 28.7 Å². The second kappa shape index (κ2) is 16.1. The summed E-state index contributed by atoms with van der Waals surface area (Å²) in [5.74, 6) is -0.0139. The van der Waals surface area contributed by atoms with Gasteiger partial charge in [0, 0.05) is 11.1 Å². The molecule has 0 unspecified atom stereocenters. The molecule has 294 valence electrons. The molecule has 0 radical (unpaired) electrons. The number of hydrogen-bond acceptors (Lipinski definition) is 3. The van der Waals surface area contributed by atoms with Gasteiger partial charge in [0.15, 0.2) is 17.3 Å². The second-order valence-electron chi connectivity index (χ2n) is 18.0. The van der Waals surface area contributed by atoms with Gasteiger partial charge < -0.3 is 0 Å². The van der Waals surface area contributed by atoms with E-state index in [4.69, 9.17) is 104 Å². The molecule has 0 N–H and O–H groups in total. The molecule has 12 heteroatoms. The van der Waals surface area contributed by atoms with Crippen molar-refractivity contribution >= 4 is 122 Å². The van der Waals surface area contributed by atoms with Crippen molar-refractivity contribution in [1.29, 1.82) is 0 Å². The van der Waals surface area contributed by atoms with Crippen molar-refractivity contribution in [3.8, 4) is 0 Å². The van der Waals surface area contributed by atoms with Gasteiger partial charge in [-0.3, -0.25) is 14.4 Å². The topological polar surface area (TPSA) is 51.2 Å². The first kappa shape index (κ1) is 50.1. The highest BCUT2D eigenvalue weighted by Gasteiger charge is 2.57. The predicted molar refractivity (Wildman–Crippen MR) is 229 cm³/mol. The van der Waals surface area contributed by atoms with E-state index in [0.29, 0.717) is 22.3 Å². The highest BCUT2D eigenvalue weighted by Crippen LogP contribution is 2.61. The van der Waals surface area contributed by atoms with Crippen LogP contribution in [0.25, 0.3) is 0 Å². The van der Waals surface area contributed by atoms with Crippen molar-refractivity contribution in [1.82, 2.24) is 0 Å². The van der Waals surface area contributed by atoms with Crippen molar-refractivity contribution in [3.63, 3.8) is 0 Å². The molecule has 0 aromatic rings. The Hall–Kier alpha value is 0.0600. The lowest BCUT2D eigenvalue weighted by molar-refractivity contribution is -0.114. The third kappa shape index (κ3) is 10.9. The summed E-state index contributed by atoms with van der Waals surface area (Å²) in [6.07, 6.45) is 13.5. The van der Waals surface area contributed by atoms with E-state index < -0.39 is 27.6 Å². The molecular weight excluding hydrogens is 848 g/mol. The van der Waals surface area contributed by atoms with E-state index in [1.807, 2.05) is 95.2 Å². The van der Waals surface area contributed by atoms with Gasteiger partial charge in [-0.25, -0.2) is 0 Å². The molecule has 0 aromatic heterocycles. The number of ketones is 3. The summed E-state index contributed by atoms with van der Waals surface area (Å²) in [5.41, 5.74) is -0.947. The summed E-state index contributed by atoms with van der Waals surface area (Å²) in [4.78, 5) is 35.7. The maximum atomic E-state index is 13.1. The Balaban J connectivity index is 0.000000407. The van der Waals surface area contributed by atoms with Crippen LogP contribution in [0.2, 0.25) is 0 Å². The summed E-state index contributed by atoms with van der Waals surface area (Å²) in [6, 6.07) is 0. The van der Waals surface area contributed by atoms with Crippen LogP contribution in [0.5, 0.6) is 0 Å². The number of allylic oxidation sites excluding steroid dienone is 12. The Morgan fingerprint density at radius 2 is 0.769 bits per heavy atom. The molecular formula is C40H53Cl9O3. The van der Waals surface area contributed by atoms with E-state index in [1.54, 1.807) is 45.1 Å². The van der Waals surface area contributed by atoms with Gasteiger partial charge in [-0.15, -0.1) is 0 Å². The minimum atomic E-state index is -1.56.